The first kappa shape index (κ1) is 16.0. The highest BCUT2D eigenvalue weighted by molar-refractivity contribution is 6.31. The van der Waals surface area contributed by atoms with Gasteiger partial charge in [0.05, 0.1) is 12.0 Å². The van der Waals surface area contributed by atoms with Crippen LogP contribution in [0.15, 0.2) is 12.1 Å². The number of hydrogen-bond donors (Lipinski definition) is 1. The van der Waals surface area contributed by atoms with E-state index >= 15 is 0 Å². The lowest BCUT2D eigenvalue weighted by molar-refractivity contribution is 0.0937. The van der Waals surface area contributed by atoms with E-state index in [0.29, 0.717) is 12.3 Å². The van der Waals surface area contributed by atoms with Crippen LogP contribution in [0.25, 0.3) is 0 Å². The van der Waals surface area contributed by atoms with E-state index in [4.69, 9.17) is 16.3 Å². The van der Waals surface area contributed by atoms with E-state index < -0.39 is 0 Å². The molecule has 0 amide bonds. The van der Waals surface area contributed by atoms with E-state index in [2.05, 4.69) is 12.2 Å². The summed E-state index contributed by atoms with van der Waals surface area (Å²) >= 11 is 5.66. The smallest absolute Gasteiger partial charge is 0.179 e. The number of carbonyl (C=O) groups is 1. The molecule has 3 nitrogen and oxygen atoms in total. The third kappa shape index (κ3) is 4.22. The van der Waals surface area contributed by atoms with E-state index in [9.17, 15) is 4.79 Å². The van der Waals surface area contributed by atoms with Crippen LogP contribution in [0.4, 0.5) is 5.69 Å². The predicted octanol–water partition coefficient (Wildman–Crippen LogP) is 3.77. The van der Waals surface area contributed by atoms with Crippen LogP contribution in [0.2, 0.25) is 0 Å². The number of Topliss-reactive ketones (excluding diaryl/α,β-unsaturated/α-hetero) is 1. The predicted molar refractivity (Wildman–Crippen MR) is 80.3 cm³/mol. The summed E-state index contributed by atoms with van der Waals surface area (Å²) in [6.45, 7) is 8.44. The maximum Gasteiger partial charge on any atom is 0.179 e. The number of carbonyl (C=O) groups excluding carboxylic acids is 1. The number of hydrogen-bond acceptors (Lipinski definition) is 3. The average molecular weight is 284 g/mol. The van der Waals surface area contributed by atoms with Crippen LogP contribution in [0.3, 0.4) is 0 Å². The van der Waals surface area contributed by atoms with Crippen molar-refractivity contribution in [1.29, 1.82) is 0 Å². The number of nitrogens with one attached hydrogen (secondary N) is 1. The molecule has 1 rings (SSSR count). The van der Waals surface area contributed by atoms with Gasteiger partial charge in [-0.25, -0.2) is 0 Å². The van der Waals surface area contributed by atoms with Crippen molar-refractivity contribution in [3.8, 4) is 0 Å². The fourth-order valence-corrected chi connectivity index (χ4v) is 2.09. The summed E-state index contributed by atoms with van der Waals surface area (Å²) in [5.74, 6) is -0.0792. The Labute approximate surface area is 120 Å². The molecular formula is C15H22ClNO2. The van der Waals surface area contributed by atoms with Crippen LogP contribution >= 0.6 is 11.6 Å². The number of halogens is 1. The van der Waals surface area contributed by atoms with Gasteiger partial charge in [-0.2, -0.15) is 0 Å². The number of benzene rings is 1. The number of alkyl halides is 1. The summed E-state index contributed by atoms with van der Waals surface area (Å²) in [7, 11) is 0. The third-order valence-corrected chi connectivity index (χ3v) is 3.29. The number of ether oxygens (including phenoxy) is 1. The van der Waals surface area contributed by atoms with Gasteiger partial charge < -0.3 is 10.1 Å². The molecule has 1 N–H and O–H groups in total. The Morgan fingerprint density at radius 1 is 1.42 bits per heavy atom. The van der Waals surface area contributed by atoms with Crippen molar-refractivity contribution in [2.45, 2.75) is 40.2 Å². The van der Waals surface area contributed by atoms with Crippen LogP contribution in [-0.2, 0) is 11.2 Å². The lowest BCUT2D eigenvalue weighted by Gasteiger charge is -2.17. The van der Waals surface area contributed by atoms with Gasteiger partial charge in [-0.1, -0.05) is 13.0 Å². The SMILES string of the molecule is CCc1ccc(C(=O)CCl)c(NCOC(C)C)c1C. The second-order valence-electron chi connectivity index (χ2n) is 4.72. The summed E-state index contributed by atoms with van der Waals surface area (Å²) < 4.78 is 5.49. The standard InChI is InChI=1S/C15H22ClNO2/c1-5-12-6-7-13(14(18)8-16)15(11(12)4)17-9-19-10(2)3/h6-7,10,17H,5,8-9H2,1-4H3. The van der Waals surface area contributed by atoms with Crippen molar-refractivity contribution in [1.82, 2.24) is 0 Å². The zero-order valence-electron chi connectivity index (χ0n) is 12.0. The van der Waals surface area contributed by atoms with Crippen molar-refractivity contribution in [3.05, 3.63) is 28.8 Å². The van der Waals surface area contributed by atoms with Gasteiger partial charge in [-0.3, -0.25) is 4.79 Å². The molecule has 0 atom stereocenters. The summed E-state index contributed by atoms with van der Waals surface area (Å²) in [6, 6.07) is 3.83. The Bertz CT molecular complexity index is 444. The van der Waals surface area contributed by atoms with Crippen LogP contribution in [-0.4, -0.2) is 24.5 Å². The molecule has 0 saturated carbocycles. The summed E-state index contributed by atoms with van der Waals surface area (Å²) in [5.41, 5.74) is 3.78. The monoisotopic (exact) mass is 283 g/mol. The lowest BCUT2D eigenvalue weighted by Crippen LogP contribution is -2.16. The normalized spacial score (nSPS) is 10.8. The fourth-order valence-electron chi connectivity index (χ4n) is 1.95. The summed E-state index contributed by atoms with van der Waals surface area (Å²) in [4.78, 5) is 11.9. The minimum Gasteiger partial charge on any atom is -0.362 e. The molecule has 0 aliphatic rings. The third-order valence-electron chi connectivity index (χ3n) is 3.05. The molecule has 0 saturated heterocycles. The Morgan fingerprint density at radius 3 is 2.63 bits per heavy atom. The van der Waals surface area contributed by atoms with Crippen molar-refractivity contribution in [2.24, 2.45) is 0 Å². The molecule has 0 aliphatic heterocycles. The number of ketones is 1. The second-order valence-corrected chi connectivity index (χ2v) is 4.99. The second kappa shape index (κ2) is 7.51. The largest absolute Gasteiger partial charge is 0.362 e. The average Bonchev–Trinajstić information content (AvgIpc) is 2.39. The first-order valence-corrected chi connectivity index (χ1v) is 7.11. The van der Waals surface area contributed by atoms with Gasteiger partial charge in [-0.05, 0) is 44.4 Å². The molecular weight excluding hydrogens is 262 g/mol. The van der Waals surface area contributed by atoms with Gasteiger partial charge in [0.2, 0.25) is 0 Å². The number of rotatable bonds is 7. The van der Waals surface area contributed by atoms with E-state index in [1.807, 2.05) is 32.9 Å². The topological polar surface area (TPSA) is 38.3 Å². The minimum absolute atomic E-state index is 0.00930. The molecule has 4 heteroatoms. The Kier molecular flexibility index (Phi) is 6.32. The first-order chi connectivity index (χ1) is 9.01. The van der Waals surface area contributed by atoms with E-state index in [1.54, 1.807) is 0 Å². The highest BCUT2D eigenvalue weighted by Crippen LogP contribution is 2.25. The van der Waals surface area contributed by atoms with Gasteiger partial charge in [-0.15, -0.1) is 11.6 Å². The first-order valence-electron chi connectivity index (χ1n) is 6.58. The molecule has 0 unspecified atom stereocenters. The summed E-state index contributed by atoms with van der Waals surface area (Å²) in [6.07, 6.45) is 1.08. The van der Waals surface area contributed by atoms with Crippen LogP contribution in [0, 0.1) is 6.92 Å². The molecule has 0 heterocycles. The minimum atomic E-state index is -0.0699. The van der Waals surface area contributed by atoms with Crippen LogP contribution < -0.4 is 5.32 Å². The lowest BCUT2D eigenvalue weighted by atomic mass is 9.98. The van der Waals surface area contributed by atoms with Gasteiger partial charge in [0.25, 0.3) is 0 Å². The van der Waals surface area contributed by atoms with Crippen molar-refractivity contribution in [3.63, 3.8) is 0 Å². The molecule has 0 fully saturated rings. The molecule has 0 spiro atoms. The van der Waals surface area contributed by atoms with Gasteiger partial charge >= 0.3 is 0 Å². The van der Waals surface area contributed by atoms with Gasteiger partial charge in [0.15, 0.2) is 5.78 Å². The highest BCUT2D eigenvalue weighted by atomic mass is 35.5. The van der Waals surface area contributed by atoms with Crippen LogP contribution in [0.5, 0.6) is 0 Å². The molecule has 1 aromatic rings. The molecule has 19 heavy (non-hydrogen) atoms. The van der Waals surface area contributed by atoms with Crippen molar-refractivity contribution < 1.29 is 9.53 Å². The number of aryl methyl sites for hydroxylation is 1. The molecule has 0 radical (unpaired) electrons. The molecule has 0 bridgehead atoms. The molecule has 1 aromatic carbocycles. The maximum atomic E-state index is 11.9. The molecule has 106 valence electrons. The zero-order valence-corrected chi connectivity index (χ0v) is 12.8. The van der Waals surface area contributed by atoms with E-state index in [-0.39, 0.29) is 17.8 Å². The quantitative estimate of drug-likeness (QED) is 0.470. The van der Waals surface area contributed by atoms with E-state index in [1.165, 1.54) is 5.56 Å². The van der Waals surface area contributed by atoms with Crippen LogP contribution in [0.1, 0.15) is 42.3 Å². The van der Waals surface area contributed by atoms with Crippen molar-refractivity contribution in [2.75, 3.05) is 17.9 Å². The van der Waals surface area contributed by atoms with Crippen molar-refractivity contribution >= 4 is 23.1 Å². The van der Waals surface area contributed by atoms with Gasteiger partial charge in [0.1, 0.15) is 6.73 Å². The zero-order chi connectivity index (χ0) is 14.4. The van der Waals surface area contributed by atoms with Gasteiger partial charge in [0, 0.05) is 11.3 Å². The Morgan fingerprint density at radius 2 is 2.11 bits per heavy atom. The maximum absolute atomic E-state index is 11.9. The highest BCUT2D eigenvalue weighted by Gasteiger charge is 2.14. The molecule has 0 aromatic heterocycles. The fraction of sp³-hybridized carbons (Fsp3) is 0.533. The Hall–Kier alpha value is -1.06. The number of anilines is 1. The van der Waals surface area contributed by atoms with E-state index in [0.717, 1.165) is 17.7 Å². The molecule has 0 aliphatic carbocycles. The Balaban J connectivity index is 3.04. The summed E-state index contributed by atoms with van der Waals surface area (Å²) in [5, 5.41) is 3.20.